The molecule has 2 amide bonds. The fourth-order valence-electron chi connectivity index (χ4n) is 3.20. The zero-order valence-corrected chi connectivity index (χ0v) is 19.0. The highest BCUT2D eigenvalue weighted by atomic mass is 35.5. The third-order valence-electron chi connectivity index (χ3n) is 5.14. The van der Waals surface area contributed by atoms with E-state index in [9.17, 15) is 19.5 Å². The molecule has 33 heavy (non-hydrogen) atoms. The molecular weight excluding hydrogens is 460 g/mol. The van der Waals surface area contributed by atoms with E-state index in [1.807, 2.05) is 54.6 Å². The number of aromatic carboxylic acids is 1. The van der Waals surface area contributed by atoms with Crippen molar-refractivity contribution in [1.29, 1.82) is 0 Å². The summed E-state index contributed by atoms with van der Waals surface area (Å²) in [6.45, 7) is 0. The summed E-state index contributed by atoms with van der Waals surface area (Å²) in [6, 6.07) is 20.8. The molecule has 0 bridgehead atoms. The number of halogens is 1. The zero-order chi connectivity index (χ0) is 23.4. The predicted molar refractivity (Wildman–Crippen MR) is 130 cm³/mol. The maximum absolute atomic E-state index is 13.3. The van der Waals surface area contributed by atoms with Crippen molar-refractivity contribution in [2.75, 3.05) is 10.6 Å². The molecule has 4 rings (SSSR count). The summed E-state index contributed by atoms with van der Waals surface area (Å²) in [6.07, 6.45) is 1.88. The first-order valence-corrected chi connectivity index (χ1v) is 11.6. The number of amides is 2. The second-order valence-electron chi connectivity index (χ2n) is 7.69. The summed E-state index contributed by atoms with van der Waals surface area (Å²) in [5.74, 6) is -1.28. The van der Waals surface area contributed by atoms with Crippen LogP contribution in [-0.2, 0) is 9.59 Å². The minimum absolute atomic E-state index is 0.0300. The van der Waals surface area contributed by atoms with Gasteiger partial charge in [0.05, 0.1) is 16.3 Å². The van der Waals surface area contributed by atoms with Gasteiger partial charge in [0.25, 0.3) is 0 Å². The van der Waals surface area contributed by atoms with Crippen molar-refractivity contribution in [2.45, 2.75) is 23.0 Å². The largest absolute Gasteiger partial charge is 0.478 e. The fourth-order valence-corrected chi connectivity index (χ4v) is 4.39. The summed E-state index contributed by atoms with van der Waals surface area (Å²) in [5, 5.41) is 14.6. The molecule has 0 saturated heterocycles. The lowest BCUT2D eigenvalue weighted by Gasteiger charge is -2.18. The van der Waals surface area contributed by atoms with Crippen molar-refractivity contribution in [3.05, 3.63) is 88.9 Å². The number of hydrogen-bond donors (Lipinski definition) is 3. The van der Waals surface area contributed by atoms with Gasteiger partial charge in [0.2, 0.25) is 11.8 Å². The number of hydrogen-bond acceptors (Lipinski definition) is 4. The van der Waals surface area contributed by atoms with Gasteiger partial charge in [-0.3, -0.25) is 9.59 Å². The topological polar surface area (TPSA) is 95.5 Å². The van der Waals surface area contributed by atoms with Gasteiger partial charge in [0.1, 0.15) is 5.25 Å². The molecule has 0 aliphatic heterocycles. The summed E-state index contributed by atoms with van der Waals surface area (Å²) in [5.41, 5.74) is 1.77. The molecule has 1 atom stereocenters. The Bertz CT molecular complexity index is 1180. The average Bonchev–Trinajstić information content (AvgIpc) is 3.66. The first-order valence-electron chi connectivity index (χ1n) is 10.4. The van der Waals surface area contributed by atoms with Gasteiger partial charge in [0.15, 0.2) is 0 Å². The zero-order valence-electron chi connectivity index (χ0n) is 17.5. The monoisotopic (exact) mass is 480 g/mol. The average molecular weight is 481 g/mol. The fraction of sp³-hybridized carbons (Fsp3) is 0.160. The minimum Gasteiger partial charge on any atom is -0.478 e. The number of benzene rings is 3. The first-order chi connectivity index (χ1) is 15.9. The Balaban J connectivity index is 1.53. The molecule has 1 saturated carbocycles. The Kier molecular flexibility index (Phi) is 7.01. The second-order valence-corrected chi connectivity index (χ2v) is 9.27. The van der Waals surface area contributed by atoms with Crippen LogP contribution >= 0.6 is 23.4 Å². The lowest BCUT2D eigenvalue weighted by molar-refractivity contribution is -0.117. The van der Waals surface area contributed by atoms with E-state index in [2.05, 4.69) is 10.6 Å². The summed E-state index contributed by atoms with van der Waals surface area (Å²) in [7, 11) is 0. The lowest BCUT2D eigenvalue weighted by Crippen LogP contribution is -2.19. The van der Waals surface area contributed by atoms with Crippen LogP contribution in [0.5, 0.6) is 0 Å². The van der Waals surface area contributed by atoms with Gasteiger partial charge < -0.3 is 15.7 Å². The summed E-state index contributed by atoms with van der Waals surface area (Å²) in [4.78, 5) is 37.3. The van der Waals surface area contributed by atoms with Gasteiger partial charge in [-0.1, -0.05) is 41.9 Å². The van der Waals surface area contributed by atoms with Gasteiger partial charge in [-0.25, -0.2) is 4.79 Å². The number of carboxylic acid groups (broad SMARTS) is 1. The number of carboxylic acids is 1. The van der Waals surface area contributed by atoms with Crippen LogP contribution < -0.4 is 10.6 Å². The molecule has 1 aliphatic carbocycles. The molecule has 0 aromatic heterocycles. The number of carbonyl (C=O) groups is 3. The molecule has 3 aromatic carbocycles. The number of rotatable bonds is 8. The Morgan fingerprint density at radius 3 is 2.27 bits per heavy atom. The maximum atomic E-state index is 13.3. The molecule has 8 heteroatoms. The highest BCUT2D eigenvalue weighted by Crippen LogP contribution is 2.37. The van der Waals surface area contributed by atoms with Crippen molar-refractivity contribution in [3.8, 4) is 0 Å². The second kappa shape index (κ2) is 10.1. The van der Waals surface area contributed by atoms with E-state index in [0.717, 1.165) is 23.3 Å². The van der Waals surface area contributed by atoms with Crippen molar-refractivity contribution < 1.29 is 19.5 Å². The Morgan fingerprint density at radius 1 is 0.939 bits per heavy atom. The standard InChI is InChI=1S/C25H21ClN2O4S/c26-20-13-8-17(25(31)32)14-21(20)28-24(30)22(15-4-2-1-3-5-15)33-19-11-9-18(10-12-19)27-23(29)16-6-7-16/h1-5,8-14,16,22H,6-7H2,(H,27,29)(H,28,30)(H,31,32). The van der Waals surface area contributed by atoms with Crippen molar-refractivity contribution in [2.24, 2.45) is 5.92 Å². The smallest absolute Gasteiger partial charge is 0.335 e. The molecule has 0 heterocycles. The highest BCUT2D eigenvalue weighted by Gasteiger charge is 2.29. The molecule has 1 fully saturated rings. The van der Waals surface area contributed by atoms with Crippen LogP contribution in [0.3, 0.4) is 0 Å². The van der Waals surface area contributed by atoms with E-state index >= 15 is 0 Å². The van der Waals surface area contributed by atoms with E-state index in [0.29, 0.717) is 5.69 Å². The Labute approximate surface area is 200 Å². The van der Waals surface area contributed by atoms with Crippen LogP contribution in [0.4, 0.5) is 11.4 Å². The number of anilines is 2. The molecule has 3 N–H and O–H groups in total. The number of thioether (sulfide) groups is 1. The Morgan fingerprint density at radius 2 is 1.64 bits per heavy atom. The lowest BCUT2D eigenvalue weighted by atomic mass is 10.1. The molecule has 0 radical (unpaired) electrons. The molecule has 168 valence electrons. The quantitative estimate of drug-likeness (QED) is 0.351. The molecule has 3 aromatic rings. The van der Waals surface area contributed by atoms with Crippen molar-refractivity contribution in [3.63, 3.8) is 0 Å². The normalized spacial score (nSPS) is 13.7. The van der Waals surface area contributed by atoms with E-state index in [1.54, 1.807) is 0 Å². The molecular formula is C25H21ClN2O4S. The highest BCUT2D eigenvalue weighted by molar-refractivity contribution is 8.00. The van der Waals surface area contributed by atoms with Crippen LogP contribution in [0.1, 0.15) is 34.0 Å². The van der Waals surface area contributed by atoms with E-state index in [-0.39, 0.29) is 34.0 Å². The van der Waals surface area contributed by atoms with Crippen LogP contribution in [0.25, 0.3) is 0 Å². The van der Waals surface area contributed by atoms with Gasteiger partial charge in [-0.15, -0.1) is 11.8 Å². The summed E-state index contributed by atoms with van der Waals surface area (Å²) >= 11 is 7.54. The van der Waals surface area contributed by atoms with Crippen LogP contribution in [0.2, 0.25) is 5.02 Å². The summed E-state index contributed by atoms with van der Waals surface area (Å²) < 4.78 is 0. The van der Waals surface area contributed by atoms with Crippen LogP contribution in [-0.4, -0.2) is 22.9 Å². The maximum Gasteiger partial charge on any atom is 0.335 e. The van der Waals surface area contributed by atoms with Crippen molar-refractivity contribution in [1.82, 2.24) is 0 Å². The first kappa shape index (κ1) is 22.9. The van der Waals surface area contributed by atoms with E-state index < -0.39 is 11.2 Å². The molecule has 6 nitrogen and oxygen atoms in total. The minimum atomic E-state index is -1.11. The third-order valence-corrected chi connectivity index (χ3v) is 6.73. The van der Waals surface area contributed by atoms with Gasteiger partial charge in [0, 0.05) is 16.5 Å². The van der Waals surface area contributed by atoms with Gasteiger partial charge in [-0.2, -0.15) is 0 Å². The molecule has 1 unspecified atom stereocenters. The number of carbonyl (C=O) groups excluding carboxylic acids is 2. The molecule has 1 aliphatic rings. The predicted octanol–water partition coefficient (Wildman–Crippen LogP) is 5.86. The van der Waals surface area contributed by atoms with Crippen LogP contribution in [0, 0.1) is 5.92 Å². The van der Waals surface area contributed by atoms with E-state index in [4.69, 9.17) is 11.6 Å². The van der Waals surface area contributed by atoms with Gasteiger partial charge >= 0.3 is 5.97 Å². The van der Waals surface area contributed by atoms with Crippen LogP contribution in [0.15, 0.2) is 77.7 Å². The SMILES string of the molecule is O=C(O)c1ccc(Cl)c(NC(=O)C(Sc2ccc(NC(=O)C3CC3)cc2)c2ccccc2)c1. The van der Waals surface area contributed by atoms with Gasteiger partial charge in [-0.05, 0) is 60.9 Å². The molecule has 0 spiro atoms. The third kappa shape index (κ3) is 5.94. The van der Waals surface area contributed by atoms with Crippen molar-refractivity contribution >= 4 is 52.5 Å². The van der Waals surface area contributed by atoms with E-state index in [1.165, 1.54) is 30.0 Å². The number of nitrogens with one attached hydrogen (secondary N) is 2. The Hall–Kier alpha value is -3.29.